The van der Waals surface area contributed by atoms with Gasteiger partial charge in [-0.3, -0.25) is 23.2 Å². The molecule has 372 valence electrons. The first-order chi connectivity index (χ1) is 30.5. The number of carbonyl (C=O) groups is 2. The van der Waals surface area contributed by atoms with Crippen molar-refractivity contribution in [2.75, 3.05) is 13.2 Å². The van der Waals surface area contributed by atoms with Crippen LogP contribution in [-0.4, -0.2) is 114 Å². The van der Waals surface area contributed by atoms with Gasteiger partial charge >= 0.3 is 27.6 Å². The van der Waals surface area contributed by atoms with E-state index in [-0.39, 0.29) is 12.8 Å². The summed E-state index contributed by atoms with van der Waals surface area (Å²) in [7, 11) is -10.7. The summed E-state index contributed by atoms with van der Waals surface area (Å²) in [5.74, 6) is -1.29. The molecule has 0 spiro atoms. The molecule has 17 nitrogen and oxygen atoms in total. The van der Waals surface area contributed by atoms with Crippen molar-refractivity contribution >= 4 is 27.6 Å². The van der Waals surface area contributed by atoms with Gasteiger partial charge in [0.05, 0.1) is 12.7 Å². The van der Waals surface area contributed by atoms with Crippen molar-refractivity contribution in [3.8, 4) is 0 Å². The molecule has 0 amide bonds. The molecule has 0 radical (unpaired) electrons. The van der Waals surface area contributed by atoms with E-state index in [0.29, 0.717) is 19.3 Å². The highest BCUT2D eigenvalue weighted by Crippen LogP contribution is 2.49. The number of hydrogen-bond donors (Lipinski definition) is 8. The van der Waals surface area contributed by atoms with Gasteiger partial charge in [0, 0.05) is 12.8 Å². The Labute approximate surface area is 380 Å². The molecule has 0 aromatic heterocycles. The van der Waals surface area contributed by atoms with Crippen molar-refractivity contribution in [2.45, 2.75) is 210 Å². The summed E-state index contributed by atoms with van der Waals surface area (Å²) in [6.07, 6.45) is 20.9. The number of allylic oxidation sites excluding steroid dienone is 7. The van der Waals surface area contributed by atoms with E-state index >= 15 is 0 Å². The van der Waals surface area contributed by atoms with Crippen LogP contribution in [0.15, 0.2) is 48.6 Å². The van der Waals surface area contributed by atoms with E-state index in [1.165, 1.54) is 38.5 Å². The molecule has 1 saturated carbocycles. The number of aliphatic hydroxyl groups excluding tert-OH is 5. The molecule has 1 aliphatic rings. The fourth-order valence-electron chi connectivity index (χ4n) is 6.85. The van der Waals surface area contributed by atoms with Gasteiger partial charge < -0.3 is 49.7 Å². The highest BCUT2D eigenvalue weighted by molar-refractivity contribution is 7.47. The molecule has 0 aromatic carbocycles. The maximum Gasteiger partial charge on any atom is 0.472 e. The van der Waals surface area contributed by atoms with Crippen LogP contribution in [-0.2, 0) is 41.8 Å². The van der Waals surface area contributed by atoms with Crippen LogP contribution in [0.5, 0.6) is 0 Å². The summed E-state index contributed by atoms with van der Waals surface area (Å²) in [6.45, 7) is 2.87. The zero-order chi connectivity index (χ0) is 47.6. The van der Waals surface area contributed by atoms with Crippen molar-refractivity contribution in [3.63, 3.8) is 0 Å². The number of phosphoric acid groups is 2. The smallest absolute Gasteiger partial charge is 0.462 e. The van der Waals surface area contributed by atoms with Crippen LogP contribution in [0.1, 0.15) is 162 Å². The zero-order valence-electron chi connectivity index (χ0n) is 38.1. The topological polar surface area (TPSA) is 276 Å². The lowest BCUT2D eigenvalue weighted by molar-refractivity contribution is -0.216. The molecule has 19 heteroatoms. The lowest BCUT2D eigenvalue weighted by atomic mass is 9.85. The van der Waals surface area contributed by atoms with Gasteiger partial charge in [-0.05, 0) is 57.8 Å². The number of rotatable bonds is 38. The second-order valence-electron chi connectivity index (χ2n) is 16.3. The number of aliphatic hydroxyl groups is 5. The molecular weight excluding hydrogens is 874 g/mol. The lowest BCUT2D eigenvalue weighted by Crippen LogP contribution is -2.64. The fraction of sp³-hybridized carbons (Fsp3) is 0.778. The van der Waals surface area contributed by atoms with Gasteiger partial charge in [0.15, 0.2) is 6.10 Å². The van der Waals surface area contributed by atoms with E-state index in [1.54, 1.807) is 6.08 Å². The summed E-state index contributed by atoms with van der Waals surface area (Å²) in [5.41, 5.74) is 0. The standard InChI is InChI=1S/C45H80O17P2/c1-3-5-7-9-11-12-13-14-15-16-17-18-20-24-29-33-39(48)60-37(34-58-38(47)32-28-25-21-23-27-31-36(46)30-26-22-19-10-8-6-4-2)35-59-64(56,57)62-45-42(51)40(49)41(50)44(43(45)52)61-63(53,54)55/h6,8,14-15,19,22,26,30,36-37,40-46,49-52H,3-5,7,9-13,16-18,20-21,23-25,27-29,31-35H2,1-2H3,(H,56,57)(H2,53,54,55)/b8-6+,15-14-,22-19+,30-26+/t36?,37-,40?,41?,42?,43?,44-,45+/m1/s1. The molecule has 6 unspecified atom stereocenters. The average Bonchev–Trinajstić information content (AvgIpc) is 3.24. The molecule has 0 aliphatic heterocycles. The van der Waals surface area contributed by atoms with Gasteiger partial charge in [0.25, 0.3) is 0 Å². The lowest BCUT2D eigenvalue weighted by Gasteiger charge is -2.43. The number of esters is 2. The summed E-state index contributed by atoms with van der Waals surface area (Å²) < 4.78 is 49.3. The van der Waals surface area contributed by atoms with Gasteiger partial charge in [-0.1, -0.05) is 140 Å². The van der Waals surface area contributed by atoms with E-state index < -0.39 is 89.6 Å². The predicted molar refractivity (Wildman–Crippen MR) is 243 cm³/mol. The number of hydrogen-bond acceptors (Lipinski definition) is 14. The second kappa shape index (κ2) is 36.0. The first-order valence-electron chi connectivity index (χ1n) is 23.3. The summed E-state index contributed by atoms with van der Waals surface area (Å²) in [5, 5.41) is 51.4. The Morgan fingerprint density at radius 1 is 0.594 bits per heavy atom. The molecular formula is C45H80O17P2. The van der Waals surface area contributed by atoms with Crippen molar-refractivity contribution in [1.82, 2.24) is 0 Å². The molecule has 0 heterocycles. The van der Waals surface area contributed by atoms with Gasteiger partial charge in [-0.25, -0.2) is 9.13 Å². The Kier molecular flexibility index (Phi) is 33.7. The first-order valence-corrected chi connectivity index (χ1v) is 26.3. The number of phosphoric ester groups is 2. The first kappa shape index (κ1) is 59.9. The third kappa shape index (κ3) is 30.3. The highest BCUT2D eigenvalue weighted by atomic mass is 31.2. The van der Waals surface area contributed by atoms with E-state index in [9.17, 15) is 49.1 Å². The van der Waals surface area contributed by atoms with Crippen molar-refractivity contribution in [2.24, 2.45) is 0 Å². The van der Waals surface area contributed by atoms with E-state index in [4.69, 9.17) is 28.3 Å². The summed E-state index contributed by atoms with van der Waals surface area (Å²) >= 11 is 0. The minimum Gasteiger partial charge on any atom is -0.462 e. The Morgan fingerprint density at radius 2 is 1.14 bits per heavy atom. The van der Waals surface area contributed by atoms with Crippen molar-refractivity contribution in [3.05, 3.63) is 48.6 Å². The average molecular weight is 955 g/mol. The Morgan fingerprint density at radius 3 is 1.73 bits per heavy atom. The molecule has 1 fully saturated rings. The second-order valence-corrected chi connectivity index (χ2v) is 18.9. The largest absolute Gasteiger partial charge is 0.472 e. The molecule has 8 N–H and O–H groups in total. The maximum absolute atomic E-state index is 13.0. The Hall–Kier alpha value is -2.08. The molecule has 9 atom stereocenters. The van der Waals surface area contributed by atoms with Gasteiger partial charge in [-0.2, -0.15) is 0 Å². The van der Waals surface area contributed by atoms with Crippen molar-refractivity contribution in [1.29, 1.82) is 0 Å². The third-order valence-electron chi connectivity index (χ3n) is 10.5. The molecule has 0 bridgehead atoms. The highest BCUT2D eigenvalue weighted by Gasteiger charge is 2.54. The van der Waals surface area contributed by atoms with Crippen LogP contribution >= 0.6 is 15.6 Å². The molecule has 0 saturated heterocycles. The van der Waals surface area contributed by atoms with Crippen LogP contribution in [0.25, 0.3) is 0 Å². The van der Waals surface area contributed by atoms with Crippen LogP contribution in [0.2, 0.25) is 0 Å². The summed E-state index contributed by atoms with van der Waals surface area (Å²) in [4.78, 5) is 54.2. The monoisotopic (exact) mass is 954 g/mol. The number of ether oxygens (including phenoxy) is 2. The van der Waals surface area contributed by atoms with E-state index in [0.717, 1.165) is 77.0 Å². The van der Waals surface area contributed by atoms with Crippen LogP contribution in [0, 0.1) is 0 Å². The molecule has 0 aromatic rings. The third-order valence-corrected chi connectivity index (χ3v) is 12.0. The minimum absolute atomic E-state index is 0.0127. The number of carbonyl (C=O) groups excluding carboxylic acids is 2. The summed E-state index contributed by atoms with van der Waals surface area (Å²) in [6, 6.07) is 0. The normalized spacial score (nSPS) is 22.7. The molecule has 64 heavy (non-hydrogen) atoms. The van der Waals surface area contributed by atoms with Crippen LogP contribution < -0.4 is 0 Å². The SMILES string of the molecule is CC/C=C/C/C=C/C=C/C(O)CCCCCCCC(=O)OC[C@H](COP(=O)(O)O[C@H]1C(O)C(O)C(O)[C@@H](OP(=O)(O)O)C1O)OC(=O)CCCCCCC/C=C\CCCCCCCC. The zero-order valence-corrected chi connectivity index (χ0v) is 39.9. The van der Waals surface area contributed by atoms with Gasteiger partial charge in [0.1, 0.15) is 43.2 Å². The Bertz CT molecular complexity index is 1450. The van der Waals surface area contributed by atoms with Crippen molar-refractivity contribution < 1.29 is 82.0 Å². The quantitative estimate of drug-likeness (QED) is 0.00979. The minimum atomic E-state index is -5.38. The maximum atomic E-state index is 13.0. The van der Waals surface area contributed by atoms with E-state index in [2.05, 4.69) is 42.7 Å². The Balaban J connectivity index is 2.64. The van der Waals surface area contributed by atoms with E-state index in [1.807, 2.05) is 18.2 Å². The van der Waals surface area contributed by atoms with Crippen LogP contribution in [0.4, 0.5) is 0 Å². The molecule has 1 aliphatic carbocycles. The van der Waals surface area contributed by atoms with Gasteiger partial charge in [-0.15, -0.1) is 0 Å². The predicted octanol–water partition coefficient (Wildman–Crippen LogP) is 7.48. The van der Waals surface area contributed by atoms with Gasteiger partial charge in [0.2, 0.25) is 0 Å². The van der Waals surface area contributed by atoms with Crippen LogP contribution in [0.3, 0.4) is 0 Å². The fourth-order valence-corrected chi connectivity index (χ4v) is 8.39. The molecule has 1 rings (SSSR count). The number of unbranched alkanes of at least 4 members (excludes halogenated alkanes) is 15.